The molecule has 0 aliphatic carbocycles. The summed E-state index contributed by atoms with van der Waals surface area (Å²) in [6, 6.07) is 14.0. The van der Waals surface area contributed by atoms with Crippen molar-refractivity contribution >= 4 is 22.5 Å². The molecule has 1 aliphatic rings. The molecule has 1 heterocycles. The first-order valence-corrected chi connectivity index (χ1v) is 6.06. The molecule has 1 N–H and O–H groups in total. The second-order valence-electron chi connectivity index (χ2n) is 4.90. The van der Waals surface area contributed by atoms with Gasteiger partial charge in [0.05, 0.1) is 5.71 Å². The maximum absolute atomic E-state index is 11.1. The fourth-order valence-corrected chi connectivity index (χ4v) is 2.18. The van der Waals surface area contributed by atoms with Gasteiger partial charge >= 0.3 is 5.97 Å². The number of carbonyl (C=O) groups is 1. The van der Waals surface area contributed by atoms with Crippen LogP contribution in [0.3, 0.4) is 0 Å². The molecule has 0 radical (unpaired) electrons. The average Bonchev–Trinajstić information content (AvgIpc) is 2.82. The number of hydrogen-bond acceptors (Lipinski definition) is 3. The van der Waals surface area contributed by atoms with Crippen LogP contribution in [0.1, 0.15) is 18.9 Å². The number of fused-ring (bicyclic) bond motifs is 1. The second-order valence-corrected chi connectivity index (χ2v) is 4.90. The van der Waals surface area contributed by atoms with Crippen molar-refractivity contribution < 1.29 is 14.7 Å². The smallest absolute Gasteiger partial charge is 0.351 e. The largest absolute Gasteiger partial charge is 0.478 e. The van der Waals surface area contributed by atoms with Crippen molar-refractivity contribution in [1.82, 2.24) is 0 Å². The van der Waals surface area contributed by atoms with Gasteiger partial charge in [0.15, 0.2) is 0 Å². The van der Waals surface area contributed by atoms with Crippen molar-refractivity contribution in [3.63, 3.8) is 0 Å². The highest BCUT2D eigenvalue weighted by Gasteiger charge is 2.42. The van der Waals surface area contributed by atoms with Crippen LogP contribution in [-0.4, -0.2) is 22.4 Å². The SMILES string of the molecule is C[C@]1(C(=O)O)CC(c2ccc3ccccc3c2)=NO1. The van der Waals surface area contributed by atoms with Gasteiger partial charge in [0.2, 0.25) is 5.60 Å². The van der Waals surface area contributed by atoms with Crippen molar-refractivity contribution in [3.05, 3.63) is 48.0 Å². The Morgan fingerprint density at radius 3 is 2.68 bits per heavy atom. The maximum atomic E-state index is 11.1. The fourth-order valence-electron chi connectivity index (χ4n) is 2.18. The molecule has 0 unspecified atom stereocenters. The first-order valence-electron chi connectivity index (χ1n) is 6.06. The number of oxime groups is 1. The van der Waals surface area contributed by atoms with E-state index < -0.39 is 11.6 Å². The lowest BCUT2D eigenvalue weighted by atomic mass is 9.95. The van der Waals surface area contributed by atoms with Crippen LogP contribution in [-0.2, 0) is 9.63 Å². The van der Waals surface area contributed by atoms with Crippen LogP contribution in [0.15, 0.2) is 47.6 Å². The molecule has 2 aromatic rings. The lowest BCUT2D eigenvalue weighted by Gasteiger charge is -2.14. The Balaban J connectivity index is 1.96. The minimum absolute atomic E-state index is 0.278. The highest BCUT2D eigenvalue weighted by atomic mass is 16.7. The third-order valence-corrected chi connectivity index (χ3v) is 3.40. The molecule has 4 heteroatoms. The van der Waals surface area contributed by atoms with Crippen LogP contribution in [0.4, 0.5) is 0 Å². The third kappa shape index (κ3) is 1.95. The van der Waals surface area contributed by atoms with E-state index in [0.29, 0.717) is 5.71 Å². The zero-order valence-corrected chi connectivity index (χ0v) is 10.5. The molecule has 0 saturated carbocycles. The van der Waals surface area contributed by atoms with E-state index in [-0.39, 0.29) is 6.42 Å². The molecule has 3 rings (SSSR count). The molecule has 19 heavy (non-hydrogen) atoms. The van der Waals surface area contributed by atoms with E-state index in [4.69, 9.17) is 9.94 Å². The zero-order valence-electron chi connectivity index (χ0n) is 10.5. The molecule has 0 aromatic heterocycles. The molecular formula is C15H13NO3. The molecule has 96 valence electrons. The Kier molecular flexibility index (Phi) is 2.52. The van der Waals surface area contributed by atoms with Gasteiger partial charge in [-0.25, -0.2) is 4.79 Å². The van der Waals surface area contributed by atoms with Crippen molar-refractivity contribution in [2.24, 2.45) is 5.16 Å². The summed E-state index contributed by atoms with van der Waals surface area (Å²) in [5.41, 5.74) is 0.334. The van der Waals surface area contributed by atoms with E-state index in [1.54, 1.807) is 0 Å². The van der Waals surface area contributed by atoms with E-state index in [9.17, 15) is 4.79 Å². The molecule has 0 bridgehead atoms. The number of aliphatic carboxylic acids is 1. The fraction of sp³-hybridized carbons (Fsp3) is 0.200. The molecule has 0 fully saturated rings. The number of carboxylic acid groups (broad SMARTS) is 1. The monoisotopic (exact) mass is 255 g/mol. The number of hydrogen-bond donors (Lipinski definition) is 1. The number of benzene rings is 2. The van der Waals surface area contributed by atoms with Crippen molar-refractivity contribution in [2.45, 2.75) is 18.9 Å². The number of nitrogens with zero attached hydrogens (tertiary/aromatic N) is 1. The summed E-state index contributed by atoms with van der Waals surface area (Å²) in [4.78, 5) is 16.2. The first kappa shape index (κ1) is 11.7. The highest BCUT2D eigenvalue weighted by molar-refractivity contribution is 6.06. The highest BCUT2D eigenvalue weighted by Crippen LogP contribution is 2.28. The predicted octanol–water partition coefficient (Wildman–Crippen LogP) is 2.81. The Hall–Kier alpha value is -2.36. The van der Waals surface area contributed by atoms with Crippen molar-refractivity contribution in [3.8, 4) is 0 Å². The molecular weight excluding hydrogens is 242 g/mol. The van der Waals surface area contributed by atoms with E-state index in [0.717, 1.165) is 16.3 Å². The van der Waals surface area contributed by atoms with Gasteiger partial charge < -0.3 is 9.94 Å². The summed E-state index contributed by atoms with van der Waals surface area (Å²) in [5.74, 6) is -0.993. The van der Waals surface area contributed by atoms with Crippen LogP contribution < -0.4 is 0 Å². The van der Waals surface area contributed by atoms with Crippen molar-refractivity contribution in [2.75, 3.05) is 0 Å². The van der Waals surface area contributed by atoms with Crippen LogP contribution in [0.25, 0.3) is 10.8 Å². The third-order valence-electron chi connectivity index (χ3n) is 3.40. The lowest BCUT2D eigenvalue weighted by molar-refractivity contribution is -0.160. The minimum Gasteiger partial charge on any atom is -0.478 e. The van der Waals surface area contributed by atoms with E-state index in [2.05, 4.69) is 5.16 Å². The van der Waals surface area contributed by atoms with E-state index >= 15 is 0 Å². The summed E-state index contributed by atoms with van der Waals surface area (Å²) in [6.45, 7) is 1.53. The topological polar surface area (TPSA) is 58.9 Å². The van der Waals surface area contributed by atoms with Crippen LogP contribution in [0, 0.1) is 0 Å². The Morgan fingerprint density at radius 2 is 2.00 bits per heavy atom. The van der Waals surface area contributed by atoms with Crippen LogP contribution in [0.5, 0.6) is 0 Å². The zero-order chi connectivity index (χ0) is 13.5. The molecule has 1 aliphatic heterocycles. The lowest BCUT2D eigenvalue weighted by Crippen LogP contribution is -2.35. The van der Waals surface area contributed by atoms with Crippen molar-refractivity contribution in [1.29, 1.82) is 0 Å². The second kappa shape index (κ2) is 4.09. The molecule has 4 nitrogen and oxygen atoms in total. The first-order chi connectivity index (χ1) is 9.08. The summed E-state index contributed by atoms with van der Waals surface area (Å²) in [7, 11) is 0. The Morgan fingerprint density at radius 1 is 1.26 bits per heavy atom. The number of carboxylic acids is 1. The van der Waals surface area contributed by atoms with Gasteiger partial charge in [0.1, 0.15) is 0 Å². The standard InChI is InChI=1S/C15H13NO3/c1-15(14(17)18)9-13(16-19-15)12-7-6-10-4-2-3-5-11(10)8-12/h2-8H,9H2,1H3,(H,17,18)/t15-/m1/s1. The molecule has 0 spiro atoms. The summed E-state index contributed by atoms with van der Waals surface area (Å²) < 4.78 is 0. The summed E-state index contributed by atoms with van der Waals surface area (Å²) in [5, 5.41) is 15.3. The summed E-state index contributed by atoms with van der Waals surface area (Å²) >= 11 is 0. The predicted molar refractivity (Wildman–Crippen MR) is 72.2 cm³/mol. The minimum atomic E-state index is -1.25. The Labute approximate surface area is 110 Å². The quantitative estimate of drug-likeness (QED) is 0.897. The maximum Gasteiger partial charge on any atom is 0.351 e. The van der Waals surface area contributed by atoms with Crippen LogP contribution in [0.2, 0.25) is 0 Å². The van der Waals surface area contributed by atoms with Gasteiger partial charge in [0.25, 0.3) is 0 Å². The van der Waals surface area contributed by atoms with Gasteiger partial charge in [-0.3, -0.25) is 0 Å². The molecule has 2 aromatic carbocycles. The van der Waals surface area contributed by atoms with Gasteiger partial charge in [-0.1, -0.05) is 41.6 Å². The van der Waals surface area contributed by atoms with Gasteiger partial charge in [-0.15, -0.1) is 0 Å². The average molecular weight is 255 g/mol. The molecule has 0 saturated heterocycles. The Bertz CT molecular complexity index is 693. The van der Waals surface area contributed by atoms with Gasteiger partial charge in [-0.05, 0) is 23.8 Å². The molecule has 1 atom stereocenters. The van der Waals surface area contributed by atoms with Gasteiger partial charge in [-0.2, -0.15) is 0 Å². The number of rotatable bonds is 2. The van der Waals surface area contributed by atoms with Crippen LogP contribution >= 0.6 is 0 Å². The van der Waals surface area contributed by atoms with E-state index in [1.807, 2.05) is 42.5 Å². The normalized spacial score (nSPS) is 22.1. The summed E-state index contributed by atoms with van der Waals surface area (Å²) in [6.07, 6.45) is 0.278. The van der Waals surface area contributed by atoms with Gasteiger partial charge in [0, 0.05) is 12.0 Å². The van der Waals surface area contributed by atoms with E-state index in [1.165, 1.54) is 6.92 Å². The molecule has 0 amide bonds.